The summed E-state index contributed by atoms with van der Waals surface area (Å²) in [5.41, 5.74) is 4.12. The zero-order valence-electron chi connectivity index (χ0n) is 12.5. The van der Waals surface area contributed by atoms with E-state index in [1.54, 1.807) is 0 Å². The average molecular weight is 278 g/mol. The van der Waals surface area contributed by atoms with Gasteiger partial charge in [0.25, 0.3) is 0 Å². The molecular formula is C17H18N4. The second kappa shape index (κ2) is 5.48. The Bertz CT molecular complexity index is 791. The second-order valence-corrected chi connectivity index (χ2v) is 4.94. The molecule has 1 N–H and O–H groups in total. The summed E-state index contributed by atoms with van der Waals surface area (Å²) in [5, 5.41) is 4.28. The van der Waals surface area contributed by atoms with Crippen LogP contribution in [0.15, 0.2) is 36.5 Å². The van der Waals surface area contributed by atoms with Crippen molar-refractivity contribution < 1.29 is 0 Å². The standard InChI is InChI=1S/C17H18N4/c1-4-15-20-16(11(2)17(18-3)21-15)13-7-5-9-14-12(13)8-6-10-19-14/h5-10H,4H2,1-3H3,(H,18,20,21). The summed E-state index contributed by atoms with van der Waals surface area (Å²) in [6.45, 7) is 4.12. The van der Waals surface area contributed by atoms with Crippen LogP contribution in [0.5, 0.6) is 0 Å². The Morgan fingerprint density at radius 3 is 2.71 bits per heavy atom. The van der Waals surface area contributed by atoms with Crippen LogP contribution in [0.4, 0.5) is 5.82 Å². The maximum absolute atomic E-state index is 4.74. The van der Waals surface area contributed by atoms with Crippen molar-refractivity contribution in [3.63, 3.8) is 0 Å². The highest BCUT2D eigenvalue weighted by atomic mass is 15.0. The Labute approximate surface area is 124 Å². The van der Waals surface area contributed by atoms with Gasteiger partial charge < -0.3 is 5.32 Å². The molecule has 1 aromatic carbocycles. The Hall–Kier alpha value is -2.49. The summed E-state index contributed by atoms with van der Waals surface area (Å²) in [7, 11) is 1.89. The van der Waals surface area contributed by atoms with E-state index in [0.29, 0.717) is 0 Å². The molecule has 0 aliphatic carbocycles. The lowest BCUT2D eigenvalue weighted by molar-refractivity contribution is 0.936. The molecule has 0 bridgehead atoms. The highest BCUT2D eigenvalue weighted by Gasteiger charge is 2.13. The third-order valence-electron chi connectivity index (χ3n) is 3.65. The highest BCUT2D eigenvalue weighted by molar-refractivity contribution is 5.94. The molecule has 0 saturated carbocycles. The molecule has 4 nitrogen and oxygen atoms in total. The van der Waals surface area contributed by atoms with Gasteiger partial charge in [0.2, 0.25) is 0 Å². The van der Waals surface area contributed by atoms with E-state index in [-0.39, 0.29) is 0 Å². The number of benzene rings is 1. The van der Waals surface area contributed by atoms with Crippen molar-refractivity contribution in [2.24, 2.45) is 0 Å². The van der Waals surface area contributed by atoms with Crippen molar-refractivity contribution in [1.82, 2.24) is 15.0 Å². The molecule has 0 aliphatic heterocycles. The van der Waals surface area contributed by atoms with Crippen LogP contribution in [0.3, 0.4) is 0 Å². The van der Waals surface area contributed by atoms with E-state index in [9.17, 15) is 0 Å². The number of anilines is 1. The number of fused-ring (bicyclic) bond motifs is 1. The summed E-state index contributed by atoms with van der Waals surface area (Å²) in [6, 6.07) is 10.2. The number of nitrogens with zero attached hydrogens (tertiary/aromatic N) is 3. The third kappa shape index (κ3) is 2.33. The van der Waals surface area contributed by atoms with Gasteiger partial charge in [0, 0.05) is 36.2 Å². The van der Waals surface area contributed by atoms with E-state index in [4.69, 9.17) is 4.98 Å². The highest BCUT2D eigenvalue weighted by Crippen LogP contribution is 2.31. The third-order valence-corrected chi connectivity index (χ3v) is 3.65. The molecule has 0 radical (unpaired) electrons. The van der Waals surface area contributed by atoms with E-state index in [1.807, 2.05) is 31.4 Å². The molecule has 2 aromatic heterocycles. The quantitative estimate of drug-likeness (QED) is 0.795. The van der Waals surface area contributed by atoms with Crippen LogP contribution in [-0.2, 0) is 6.42 Å². The molecule has 0 aliphatic rings. The van der Waals surface area contributed by atoms with Gasteiger partial charge in [-0.25, -0.2) is 9.97 Å². The van der Waals surface area contributed by atoms with Crippen molar-refractivity contribution >= 4 is 16.7 Å². The summed E-state index contributed by atoms with van der Waals surface area (Å²) in [4.78, 5) is 13.7. The fourth-order valence-electron chi connectivity index (χ4n) is 2.54. The summed E-state index contributed by atoms with van der Waals surface area (Å²) >= 11 is 0. The Morgan fingerprint density at radius 1 is 1.10 bits per heavy atom. The number of nitrogens with one attached hydrogen (secondary N) is 1. The fourth-order valence-corrected chi connectivity index (χ4v) is 2.54. The predicted molar refractivity (Wildman–Crippen MR) is 86.4 cm³/mol. The van der Waals surface area contributed by atoms with Crippen molar-refractivity contribution in [1.29, 1.82) is 0 Å². The van der Waals surface area contributed by atoms with Crippen LogP contribution in [0.25, 0.3) is 22.2 Å². The fraction of sp³-hybridized carbons (Fsp3) is 0.235. The molecule has 0 fully saturated rings. The molecule has 0 atom stereocenters. The van der Waals surface area contributed by atoms with Gasteiger partial charge in [-0.15, -0.1) is 0 Å². The van der Waals surface area contributed by atoms with Crippen LogP contribution in [-0.4, -0.2) is 22.0 Å². The number of aromatic nitrogens is 3. The molecule has 4 heteroatoms. The maximum atomic E-state index is 4.74. The van der Waals surface area contributed by atoms with E-state index < -0.39 is 0 Å². The summed E-state index contributed by atoms with van der Waals surface area (Å²) < 4.78 is 0. The van der Waals surface area contributed by atoms with Gasteiger partial charge in [0.15, 0.2) is 0 Å². The number of pyridine rings is 1. The van der Waals surface area contributed by atoms with E-state index in [0.717, 1.165) is 45.8 Å². The molecule has 2 heterocycles. The van der Waals surface area contributed by atoms with Crippen LogP contribution < -0.4 is 5.32 Å². The van der Waals surface area contributed by atoms with Crippen LogP contribution in [0.2, 0.25) is 0 Å². The first-order valence-corrected chi connectivity index (χ1v) is 7.14. The van der Waals surface area contributed by atoms with Gasteiger partial charge in [-0.05, 0) is 19.1 Å². The number of hydrogen-bond acceptors (Lipinski definition) is 4. The molecule has 0 amide bonds. The molecule has 3 aromatic rings. The topological polar surface area (TPSA) is 50.7 Å². The van der Waals surface area contributed by atoms with E-state index in [2.05, 4.69) is 41.3 Å². The molecular weight excluding hydrogens is 260 g/mol. The maximum Gasteiger partial charge on any atom is 0.132 e. The molecule has 106 valence electrons. The van der Waals surface area contributed by atoms with E-state index >= 15 is 0 Å². The average Bonchev–Trinajstić information content (AvgIpc) is 2.54. The predicted octanol–water partition coefficient (Wildman–Crippen LogP) is 3.60. The van der Waals surface area contributed by atoms with Crippen molar-refractivity contribution in [3.8, 4) is 11.3 Å². The van der Waals surface area contributed by atoms with Crippen LogP contribution in [0, 0.1) is 6.92 Å². The van der Waals surface area contributed by atoms with Crippen LogP contribution in [0.1, 0.15) is 18.3 Å². The monoisotopic (exact) mass is 278 g/mol. The van der Waals surface area contributed by atoms with Gasteiger partial charge in [-0.1, -0.05) is 25.1 Å². The summed E-state index contributed by atoms with van der Waals surface area (Å²) in [5.74, 6) is 1.73. The van der Waals surface area contributed by atoms with Gasteiger partial charge in [0.1, 0.15) is 11.6 Å². The van der Waals surface area contributed by atoms with Crippen molar-refractivity contribution in [3.05, 3.63) is 47.9 Å². The van der Waals surface area contributed by atoms with Gasteiger partial charge >= 0.3 is 0 Å². The largest absolute Gasteiger partial charge is 0.373 e. The lowest BCUT2D eigenvalue weighted by atomic mass is 10.0. The van der Waals surface area contributed by atoms with Gasteiger partial charge in [-0.2, -0.15) is 0 Å². The minimum absolute atomic E-state index is 0.810. The second-order valence-electron chi connectivity index (χ2n) is 4.94. The minimum atomic E-state index is 0.810. The zero-order chi connectivity index (χ0) is 14.8. The molecule has 0 spiro atoms. The SMILES string of the molecule is CCc1nc(NC)c(C)c(-c2cccc3ncccc23)n1. The first kappa shape index (κ1) is 13.5. The summed E-state index contributed by atoms with van der Waals surface area (Å²) in [6.07, 6.45) is 2.63. The molecule has 0 unspecified atom stereocenters. The van der Waals surface area contributed by atoms with Crippen LogP contribution >= 0.6 is 0 Å². The minimum Gasteiger partial charge on any atom is -0.373 e. The molecule has 3 rings (SSSR count). The molecule has 21 heavy (non-hydrogen) atoms. The van der Waals surface area contributed by atoms with Gasteiger partial charge in [0.05, 0.1) is 11.2 Å². The van der Waals surface area contributed by atoms with Crippen molar-refractivity contribution in [2.45, 2.75) is 20.3 Å². The normalized spacial score (nSPS) is 10.8. The Morgan fingerprint density at radius 2 is 1.95 bits per heavy atom. The molecule has 0 saturated heterocycles. The first-order chi connectivity index (χ1) is 10.2. The Kier molecular flexibility index (Phi) is 3.52. The first-order valence-electron chi connectivity index (χ1n) is 7.14. The Balaban J connectivity index is 2.32. The lowest BCUT2D eigenvalue weighted by Gasteiger charge is -2.13. The lowest BCUT2D eigenvalue weighted by Crippen LogP contribution is -2.04. The van der Waals surface area contributed by atoms with Gasteiger partial charge in [-0.3, -0.25) is 4.98 Å². The number of rotatable bonds is 3. The van der Waals surface area contributed by atoms with E-state index in [1.165, 1.54) is 0 Å². The number of aryl methyl sites for hydroxylation is 1. The van der Waals surface area contributed by atoms with Crippen molar-refractivity contribution in [2.75, 3.05) is 12.4 Å². The zero-order valence-corrected chi connectivity index (χ0v) is 12.5. The number of hydrogen-bond donors (Lipinski definition) is 1. The smallest absolute Gasteiger partial charge is 0.132 e.